The second-order valence-corrected chi connectivity index (χ2v) is 8.29. The van der Waals surface area contributed by atoms with Gasteiger partial charge in [0.05, 0.1) is 5.66 Å². The number of amides is 1. The van der Waals surface area contributed by atoms with Gasteiger partial charge in [-0.05, 0) is 85.0 Å². The van der Waals surface area contributed by atoms with Crippen molar-refractivity contribution in [3.8, 4) is 11.1 Å². The highest BCUT2D eigenvalue weighted by Crippen LogP contribution is 2.34. The van der Waals surface area contributed by atoms with E-state index in [1.54, 1.807) is 0 Å². The molecule has 0 unspecified atom stereocenters. The first-order valence-electron chi connectivity index (χ1n) is 10.7. The average molecular weight is 404 g/mol. The van der Waals surface area contributed by atoms with Crippen LogP contribution in [0, 0.1) is 6.92 Å². The minimum absolute atomic E-state index is 0.0197. The summed E-state index contributed by atoms with van der Waals surface area (Å²) in [5.74, 6) is 0.0197. The van der Waals surface area contributed by atoms with Gasteiger partial charge >= 0.3 is 0 Å². The highest BCUT2D eigenvalue weighted by molar-refractivity contribution is 5.96. The maximum Gasteiger partial charge on any atom is 0.255 e. The molecule has 0 saturated heterocycles. The summed E-state index contributed by atoms with van der Waals surface area (Å²) in [6, 6.07) is 14.4. The lowest BCUT2D eigenvalue weighted by atomic mass is 9.96. The molecule has 0 radical (unpaired) electrons. The van der Waals surface area contributed by atoms with Gasteiger partial charge in [-0.15, -0.1) is 0 Å². The minimum Gasteiger partial charge on any atom is -0.361 e. The lowest BCUT2D eigenvalue weighted by Crippen LogP contribution is -2.57. The van der Waals surface area contributed by atoms with Gasteiger partial charge in [0.25, 0.3) is 5.91 Å². The van der Waals surface area contributed by atoms with E-state index in [0.717, 1.165) is 54.2 Å². The molecule has 2 N–H and O–H groups in total. The predicted molar refractivity (Wildman–Crippen MR) is 120 cm³/mol. The van der Waals surface area contributed by atoms with Crippen molar-refractivity contribution in [3.05, 3.63) is 59.8 Å². The fourth-order valence-corrected chi connectivity index (χ4v) is 4.68. The van der Waals surface area contributed by atoms with Gasteiger partial charge in [0.1, 0.15) is 6.29 Å². The van der Waals surface area contributed by atoms with E-state index in [1.807, 2.05) is 36.3 Å². The summed E-state index contributed by atoms with van der Waals surface area (Å²) >= 11 is 0. The lowest BCUT2D eigenvalue weighted by molar-refractivity contribution is -0.107. The quantitative estimate of drug-likeness (QED) is 0.342. The Morgan fingerprint density at radius 2 is 1.97 bits per heavy atom. The molecule has 1 saturated carbocycles. The summed E-state index contributed by atoms with van der Waals surface area (Å²) in [5.41, 5.74) is 4.83. The second kappa shape index (κ2) is 8.44. The third-order valence-electron chi connectivity index (χ3n) is 6.43. The molecule has 1 fully saturated rings. The van der Waals surface area contributed by atoms with E-state index in [1.165, 1.54) is 5.39 Å². The van der Waals surface area contributed by atoms with Crippen LogP contribution in [0.3, 0.4) is 0 Å². The number of benzene rings is 2. The normalized spacial score (nSPS) is 15.4. The van der Waals surface area contributed by atoms with Gasteiger partial charge in [0.2, 0.25) is 0 Å². The van der Waals surface area contributed by atoms with Gasteiger partial charge in [-0.3, -0.25) is 10.1 Å². The first kappa shape index (κ1) is 20.4. The number of aryl methyl sites for hydroxylation is 1. The molecule has 1 heterocycles. The van der Waals surface area contributed by atoms with Crippen LogP contribution in [0.25, 0.3) is 22.0 Å². The molecule has 0 bridgehead atoms. The molecule has 5 nitrogen and oxygen atoms in total. The van der Waals surface area contributed by atoms with Gasteiger partial charge in [0, 0.05) is 37.3 Å². The van der Waals surface area contributed by atoms with Gasteiger partial charge in [-0.2, -0.15) is 0 Å². The van der Waals surface area contributed by atoms with Crippen molar-refractivity contribution >= 4 is 23.1 Å². The van der Waals surface area contributed by atoms with Crippen molar-refractivity contribution in [2.75, 3.05) is 13.6 Å². The molecule has 1 amide bonds. The summed E-state index contributed by atoms with van der Waals surface area (Å²) in [6.45, 7) is 2.65. The Labute approximate surface area is 177 Å². The van der Waals surface area contributed by atoms with Crippen molar-refractivity contribution in [2.24, 2.45) is 0 Å². The molecule has 1 aromatic heterocycles. The molecule has 0 spiro atoms. The van der Waals surface area contributed by atoms with Crippen molar-refractivity contribution in [1.82, 2.24) is 15.2 Å². The number of nitrogens with zero attached hydrogens (tertiary/aromatic N) is 1. The zero-order chi connectivity index (χ0) is 21.1. The maximum absolute atomic E-state index is 13.3. The number of aromatic amines is 1. The van der Waals surface area contributed by atoms with Crippen LogP contribution in [-0.2, 0) is 4.79 Å². The largest absolute Gasteiger partial charge is 0.361 e. The zero-order valence-corrected chi connectivity index (χ0v) is 17.7. The summed E-state index contributed by atoms with van der Waals surface area (Å²) in [6.07, 6.45) is 7.34. The first-order valence-corrected chi connectivity index (χ1v) is 10.7. The average Bonchev–Trinajstić information content (AvgIpc) is 3.42. The van der Waals surface area contributed by atoms with Crippen LogP contribution in [-0.4, -0.2) is 41.3 Å². The van der Waals surface area contributed by atoms with Gasteiger partial charge in [-0.1, -0.05) is 12.1 Å². The molecule has 4 rings (SSSR count). The van der Waals surface area contributed by atoms with E-state index in [-0.39, 0.29) is 11.6 Å². The van der Waals surface area contributed by atoms with E-state index in [0.29, 0.717) is 18.5 Å². The standard InChI is InChI=1S/C25H29N3O2/c1-18-16-21(6-8-22(18)19-7-9-23-20(17-19)10-14-26-23)24(30)28(2)25(11-3-4-12-25)27-13-5-15-29/h6-10,14-17,26-27H,3-5,11-13H2,1-2H3. The molecule has 1 aliphatic carbocycles. The highest BCUT2D eigenvalue weighted by Gasteiger charge is 2.39. The Hall–Kier alpha value is -2.92. The van der Waals surface area contributed by atoms with Gasteiger partial charge in [-0.25, -0.2) is 0 Å². The molecule has 5 heteroatoms. The van der Waals surface area contributed by atoms with Crippen molar-refractivity contribution in [2.45, 2.75) is 44.7 Å². The Morgan fingerprint density at radius 3 is 2.70 bits per heavy atom. The van der Waals surface area contributed by atoms with Crippen LogP contribution >= 0.6 is 0 Å². The lowest BCUT2D eigenvalue weighted by Gasteiger charge is -2.40. The fourth-order valence-electron chi connectivity index (χ4n) is 4.68. The number of hydrogen-bond donors (Lipinski definition) is 2. The van der Waals surface area contributed by atoms with Crippen molar-refractivity contribution in [1.29, 1.82) is 0 Å². The molecular formula is C25H29N3O2. The molecule has 2 aromatic carbocycles. The number of rotatable bonds is 7. The summed E-state index contributed by atoms with van der Waals surface area (Å²) in [4.78, 5) is 29.1. The third-order valence-corrected chi connectivity index (χ3v) is 6.43. The topological polar surface area (TPSA) is 65.2 Å². The number of nitrogens with one attached hydrogen (secondary N) is 2. The number of carbonyl (C=O) groups excluding carboxylic acids is 2. The van der Waals surface area contributed by atoms with Gasteiger partial charge < -0.3 is 14.7 Å². The zero-order valence-electron chi connectivity index (χ0n) is 17.7. The number of aromatic nitrogens is 1. The Bertz CT molecular complexity index is 1060. The predicted octanol–water partition coefficient (Wildman–Crippen LogP) is 4.66. The monoisotopic (exact) mass is 403 g/mol. The van der Waals surface area contributed by atoms with E-state index in [9.17, 15) is 9.59 Å². The number of aldehydes is 1. The van der Waals surface area contributed by atoms with Crippen LogP contribution < -0.4 is 5.32 Å². The smallest absolute Gasteiger partial charge is 0.255 e. The highest BCUT2D eigenvalue weighted by atomic mass is 16.2. The molecule has 0 atom stereocenters. The minimum atomic E-state index is -0.355. The number of H-pyrrole nitrogens is 1. The number of hydrogen-bond acceptors (Lipinski definition) is 3. The van der Waals surface area contributed by atoms with Crippen LogP contribution in [0.5, 0.6) is 0 Å². The van der Waals surface area contributed by atoms with Crippen LogP contribution in [0.1, 0.15) is 48.0 Å². The van der Waals surface area contributed by atoms with E-state index >= 15 is 0 Å². The molecule has 156 valence electrons. The Kier molecular flexibility index (Phi) is 5.73. The SMILES string of the molecule is Cc1cc(C(=O)N(C)C2(NCCC=O)CCCC2)ccc1-c1ccc2[nH]ccc2c1. The number of carbonyl (C=O) groups is 2. The number of fused-ring (bicyclic) bond motifs is 1. The summed E-state index contributed by atoms with van der Waals surface area (Å²) in [7, 11) is 1.88. The third kappa shape index (κ3) is 3.77. The second-order valence-electron chi connectivity index (χ2n) is 8.29. The Morgan fingerprint density at radius 1 is 1.17 bits per heavy atom. The summed E-state index contributed by atoms with van der Waals surface area (Å²) in [5, 5.41) is 4.66. The van der Waals surface area contributed by atoms with Crippen LogP contribution in [0.15, 0.2) is 48.7 Å². The molecule has 0 aliphatic heterocycles. The molecular weight excluding hydrogens is 374 g/mol. The van der Waals surface area contributed by atoms with Crippen molar-refractivity contribution < 1.29 is 9.59 Å². The van der Waals surface area contributed by atoms with Crippen molar-refractivity contribution in [3.63, 3.8) is 0 Å². The first-order chi connectivity index (χ1) is 14.5. The van der Waals surface area contributed by atoms with Crippen LogP contribution in [0.4, 0.5) is 0 Å². The van der Waals surface area contributed by atoms with E-state index in [4.69, 9.17) is 0 Å². The van der Waals surface area contributed by atoms with Gasteiger partial charge in [0.15, 0.2) is 0 Å². The molecule has 30 heavy (non-hydrogen) atoms. The van der Waals surface area contributed by atoms with E-state index in [2.05, 4.69) is 41.5 Å². The fraction of sp³-hybridized carbons (Fsp3) is 0.360. The maximum atomic E-state index is 13.3. The van der Waals surface area contributed by atoms with E-state index < -0.39 is 0 Å². The summed E-state index contributed by atoms with van der Waals surface area (Å²) < 4.78 is 0. The molecule has 3 aromatic rings. The van der Waals surface area contributed by atoms with Crippen LogP contribution in [0.2, 0.25) is 0 Å². The Balaban J connectivity index is 1.58. The molecule has 1 aliphatic rings.